The second-order valence-electron chi connectivity index (χ2n) is 6.25. The highest BCUT2D eigenvalue weighted by atomic mass is 32.2. The van der Waals surface area contributed by atoms with Gasteiger partial charge in [0.05, 0.1) is 11.5 Å². The molecule has 2 rings (SSSR count). The third-order valence-electron chi connectivity index (χ3n) is 4.11. The van der Waals surface area contributed by atoms with Crippen LogP contribution in [0, 0.1) is 0 Å². The SMILES string of the molecule is CC(C)c1ccccc1C1CS(=O)(=O)CCN1C(C)C. The fourth-order valence-corrected chi connectivity index (χ4v) is 4.55. The largest absolute Gasteiger partial charge is 0.292 e. The van der Waals surface area contributed by atoms with Crippen molar-refractivity contribution in [3.63, 3.8) is 0 Å². The Labute approximate surface area is 122 Å². The topological polar surface area (TPSA) is 37.4 Å². The lowest BCUT2D eigenvalue weighted by Gasteiger charge is -2.39. The van der Waals surface area contributed by atoms with Gasteiger partial charge in [-0.2, -0.15) is 0 Å². The molecule has 1 aromatic carbocycles. The molecule has 0 aliphatic carbocycles. The van der Waals surface area contributed by atoms with E-state index in [0.29, 0.717) is 18.5 Å². The average molecular weight is 295 g/mol. The van der Waals surface area contributed by atoms with Crippen LogP contribution in [0.5, 0.6) is 0 Å². The standard InChI is InChI=1S/C16H25NO2S/c1-12(2)14-7-5-6-8-15(14)16-11-20(18,19)10-9-17(16)13(3)4/h5-8,12-13,16H,9-11H2,1-4H3. The molecule has 1 aliphatic heterocycles. The molecule has 0 amide bonds. The van der Waals surface area contributed by atoms with Gasteiger partial charge in [0.25, 0.3) is 0 Å². The van der Waals surface area contributed by atoms with Gasteiger partial charge in [0.2, 0.25) is 0 Å². The van der Waals surface area contributed by atoms with Crippen molar-refractivity contribution in [3.05, 3.63) is 35.4 Å². The number of sulfone groups is 1. The van der Waals surface area contributed by atoms with Crippen LogP contribution in [0.15, 0.2) is 24.3 Å². The minimum Gasteiger partial charge on any atom is -0.292 e. The van der Waals surface area contributed by atoms with E-state index in [4.69, 9.17) is 0 Å². The Morgan fingerprint density at radius 1 is 1.15 bits per heavy atom. The zero-order valence-corrected chi connectivity index (χ0v) is 13.7. The minimum atomic E-state index is -2.93. The maximum atomic E-state index is 12.1. The Bertz CT molecular complexity index is 564. The fourth-order valence-electron chi connectivity index (χ4n) is 3.05. The van der Waals surface area contributed by atoms with E-state index >= 15 is 0 Å². The summed E-state index contributed by atoms with van der Waals surface area (Å²) >= 11 is 0. The van der Waals surface area contributed by atoms with Crippen LogP contribution >= 0.6 is 0 Å². The summed E-state index contributed by atoms with van der Waals surface area (Å²) in [5.41, 5.74) is 2.44. The molecule has 0 bridgehead atoms. The van der Waals surface area contributed by atoms with Gasteiger partial charge in [-0.3, -0.25) is 4.90 Å². The van der Waals surface area contributed by atoms with Gasteiger partial charge in [0.1, 0.15) is 0 Å². The summed E-state index contributed by atoms with van der Waals surface area (Å²) in [4.78, 5) is 2.32. The third kappa shape index (κ3) is 3.23. The molecule has 4 heteroatoms. The van der Waals surface area contributed by atoms with Crippen LogP contribution in [0.3, 0.4) is 0 Å². The van der Waals surface area contributed by atoms with Crippen molar-refractivity contribution >= 4 is 9.84 Å². The van der Waals surface area contributed by atoms with Crippen molar-refractivity contribution in [2.24, 2.45) is 0 Å². The highest BCUT2D eigenvalue weighted by Crippen LogP contribution is 2.33. The van der Waals surface area contributed by atoms with E-state index in [1.54, 1.807) is 0 Å². The van der Waals surface area contributed by atoms with E-state index in [1.165, 1.54) is 11.1 Å². The van der Waals surface area contributed by atoms with Gasteiger partial charge < -0.3 is 0 Å². The zero-order valence-electron chi connectivity index (χ0n) is 12.8. The molecule has 112 valence electrons. The van der Waals surface area contributed by atoms with Gasteiger partial charge >= 0.3 is 0 Å². The first-order valence-electron chi connectivity index (χ1n) is 7.37. The Hall–Kier alpha value is -0.870. The molecule has 0 saturated carbocycles. The smallest absolute Gasteiger partial charge is 0.153 e. The Kier molecular flexibility index (Phi) is 4.55. The molecule has 0 aromatic heterocycles. The van der Waals surface area contributed by atoms with Crippen LogP contribution in [0.1, 0.15) is 50.8 Å². The van der Waals surface area contributed by atoms with Crippen LogP contribution in [-0.2, 0) is 9.84 Å². The van der Waals surface area contributed by atoms with Crippen molar-refractivity contribution < 1.29 is 8.42 Å². The number of rotatable bonds is 3. The summed E-state index contributed by atoms with van der Waals surface area (Å²) in [6.45, 7) is 9.24. The van der Waals surface area contributed by atoms with Crippen molar-refractivity contribution in [1.29, 1.82) is 0 Å². The highest BCUT2D eigenvalue weighted by molar-refractivity contribution is 7.91. The van der Waals surface area contributed by atoms with Crippen LogP contribution in [0.25, 0.3) is 0 Å². The van der Waals surface area contributed by atoms with Crippen LogP contribution < -0.4 is 0 Å². The second kappa shape index (κ2) is 5.86. The predicted octanol–water partition coefficient (Wildman–Crippen LogP) is 2.99. The van der Waals surface area contributed by atoms with E-state index in [1.807, 2.05) is 12.1 Å². The monoisotopic (exact) mass is 295 g/mol. The molecule has 1 fully saturated rings. The molecule has 1 aromatic rings. The molecule has 1 atom stereocenters. The van der Waals surface area contributed by atoms with Gasteiger partial charge in [-0.15, -0.1) is 0 Å². The second-order valence-corrected chi connectivity index (χ2v) is 8.47. The molecule has 20 heavy (non-hydrogen) atoms. The number of hydrogen-bond acceptors (Lipinski definition) is 3. The highest BCUT2D eigenvalue weighted by Gasteiger charge is 2.34. The summed E-state index contributed by atoms with van der Waals surface area (Å²) in [5, 5.41) is 0. The molecular formula is C16H25NO2S. The quantitative estimate of drug-likeness (QED) is 0.860. The van der Waals surface area contributed by atoms with Crippen LogP contribution in [0.4, 0.5) is 0 Å². The first-order valence-corrected chi connectivity index (χ1v) is 9.19. The summed E-state index contributed by atoms with van der Waals surface area (Å²) < 4.78 is 24.1. The van der Waals surface area contributed by atoms with E-state index < -0.39 is 9.84 Å². The maximum Gasteiger partial charge on any atom is 0.153 e. The van der Waals surface area contributed by atoms with Gasteiger partial charge in [-0.1, -0.05) is 38.1 Å². The third-order valence-corrected chi connectivity index (χ3v) is 5.74. The molecule has 0 radical (unpaired) electrons. The zero-order chi connectivity index (χ0) is 14.9. The van der Waals surface area contributed by atoms with Crippen molar-refractivity contribution in [3.8, 4) is 0 Å². The van der Waals surface area contributed by atoms with Crippen molar-refractivity contribution in [2.75, 3.05) is 18.1 Å². The molecule has 1 aliphatic rings. The number of hydrogen-bond donors (Lipinski definition) is 0. The van der Waals surface area contributed by atoms with Gasteiger partial charge in [-0.05, 0) is 30.9 Å². The fraction of sp³-hybridized carbons (Fsp3) is 0.625. The molecule has 0 spiro atoms. The first kappa shape index (κ1) is 15.5. The number of benzene rings is 1. The first-order chi connectivity index (χ1) is 9.32. The summed E-state index contributed by atoms with van der Waals surface area (Å²) in [6, 6.07) is 8.62. The predicted molar refractivity (Wildman–Crippen MR) is 83.8 cm³/mol. The van der Waals surface area contributed by atoms with Gasteiger partial charge in [0, 0.05) is 18.6 Å². The Morgan fingerprint density at radius 3 is 2.40 bits per heavy atom. The van der Waals surface area contributed by atoms with Crippen molar-refractivity contribution in [2.45, 2.75) is 45.7 Å². The van der Waals surface area contributed by atoms with Crippen LogP contribution in [0.2, 0.25) is 0 Å². The lowest BCUT2D eigenvalue weighted by Crippen LogP contribution is -2.46. The summed E-state index contributed by atoms with van der Waals surface area (Å²) in [7, 11) is -2.93. The van der Waals surface area contributed by atoms with Crippen molar-refractivity contribution in [1.82, 2.24) is 4.90 Å². The maximum absolute atomic E-state index is 12.1. The molecule has 0 N–H and O–H groups in total. The Morgan fingerprint density at radius 2 is 1.80 bits per heavy atom. The molecule has 1 heterocycles. The molecule has 3 nitrogen and oxygen atoms in total. The normalized spacial score (nSPS) is 23.4. The van der Waals surface area contributed by atoms with E-state index in [9.17, 15) is 8.42 Å². The van der Waals surface area contributed by atoms with Crippen LogP contribution in [-0.4, -0.2) is 37.4 Å². The van der Waals surface area contributed by atoms with E-state index in [2.05, 4.69) is 44.7 Å². The van der Waals surface area contributed by atoms with Gasteiger partial charge in [-0.25, -0.2) is 8.42 Å². The minimum absolute atomic E-state index is 0.00708. The summed E-state index contributed by atoms with van der Waals surface area (Å²) in [5.74, 6) is 0.935. The lowest BCUT2D eigenvalue weighted by atomic mass is 9.92. The average Bonchev–Trinajstić information content (AvgIpc) is 2.37. The summed E-state index contributed by atoms with van der Waals surface area (Å²) in [6.07, 6.45) is 0. The molecule has 1 unspecified atom stereocenters. The Balaban J connectivity index is 2.46. The van der Waals surface area contributed by atoms with E-state index in [0.717, 1.165) is 0 Å². The molecule has 1 saturated heterocycles. The van der Waals surface area contributed by atoms with Gasteiger partial charge in [0.15, 0.2) is 9.84 Å². The molecular weight excluding hydrogens is 270 g/mol. The number of nitrogens with zero attached hydrogens (tertiary/aromatic N) is 1. The lowest BCUT2D eigenvalue weighted by molar-refractivity contribution is 0.168. The van der Waals surface area contributed by atoms with E-state index in [-0.39, 0.29) is 17.5 Å².